The lowest BCUT2D eigenvalue weighted by Crippen LogP contribution is -2.62. The number of rotatable bonds is 2. The first-order chi connectivity index (χ1) is 11.0. The molecule has 7 heteroatoms. The number of amides is 1. The predicted octanol–water partition coefficient (Wildman–Crippen LogP) is 0.211. The van der Waals surface area contributed by atoms with Crippen LogP contribution in [0.25, 0.3) is 0 Å². The van der Waals surface area contributed by atoms with Gasteiger partial charge in [0.1, 0.15) is 5.60 Å². The minimum atomic E-state index is -0.855. The maximum absolute atomic E-state index is 12.4. The molecule has 3 heterocycles. The van der Waals surface area contributed by atoms with E-state index in [1.54, 1.807) is 30.2 Å². The van der Waals surface area contributed by atoms with Crippen LogP contribution in [0, 0.1) is 0 Å². The van der Waals surface area contributed by atoms with Crippen molar-refractivity contribution in [3.8, 4) is 0 Å². The van der Waals surface area contributed by atoms with Crippen LogP contribution in [-0.2, 0) is 4.74 Å². The average molecular weight is 320 g/mol. The number of likely N-dealkylation sites (tertiary alicyclic amines) is 1. The van der Waals surface area contributed by atoms with Gasteiger partial charge in [-0.05, 0) is 45.4 Å². The quantitative estimate of drug-likeness (QED) is 0.810. The van der Waals surface area contributed by atoms with Crippen molar-refractivity contribution in [3.05, 3.63) is 24.0 Å². The number of hydrogen-bond acceptors (Lipinski definition) is 6. The number of aliphatic hydroxyl groups is 1. The Hall–Kier alpha value is -1.57. The van der Waals surface area contributed by atoms with Crippen LogP contribution in [0.5, 0.6) is 0 Å². The number of aromatic nitrogens is 2. The molecule has 0 saturated carbocycles. The molecule has 2 aliphatic heterocycles. The molecule has 1 spiro atoms. The Morgan fingerprint density at radius 2 is 2.22 bits per heavy atom. The van der Waals surface area contributed by atoms with Gasteiger partial charge in [0.2, 0.25) is 0 Å². The second-order valence-electron chi connectivity index (χ2n) is 6.78. The number of nitrogens with zero attached hydrogens (tertiary/aromatic N) is 3. The summed E-state index contributed by atoms with van der Waals surface area (Å²) >= 11 is 0. The van der Waals surface area contributed by atoms with E-state index in [2.05, 4.69) is 15.5 Å². The molecular weight excluding hydrogens is 296 g/mol. The first-order valence-electron chi connectivity index (χ1n) is 8.06. The Kier molecular flexibility index (Phi) is 4.35. The molecule has 1 aromatic rings. The van der Waals surface area contributed by atoms with E-state index in [1.807, 2.05) is 7.05 Å². The van der Waals surface area contributed by atoms with Crippen LogP contribution < -0.4 is 5.32 Å². The molecule has 2 fully saturated rings. The molecule has 2 saturated heterocycles. The first-order valence-corrected chi connectivity index (χ1v) is 8.06. The van der Waals surface area contributed by atoms with Gasteiger partial charge in [0.05, 0.1) is 12.2 Å². The molecular formula is C16H24N4O3. The second kappa shape index (κ2) is 6.14. The summed E-state index contributed by atoms with van der Waals surface area (Å²) in [5.74, 6) is -0.0825. The van der Waals surface area contributed by atoms with Crippen LogP contribution in [0.2, 0.25) is 0 Å². The van der Waals surface area contributed by atoms with E-state index in [-0.39, 0.29) is 17.6 Å². The molecule has 1 amide bonds. The minimum absolute atomic E-state index is 0.00140. The fourth-order valence-electron chi connectivity index (χ4n) is 3.51. The molecule has 0 aromatic carbocycles. The number of nitrogens with one attached hydrogen (secondary N) is 1. The van der Waals surface area contributed by atoms with Gasteiger partial charge < -0.3 is 20.1 Å². The van der Waals surface area contributed by atoms with Crippen molar-refractivity contribution in [3.63, 3.8) is 0 Å². The molecule has 2 atom stereocenters. The van der Waals surface area contributed by atoms with Gasteiger partial charge >= 0.3 is 0 Å². The Morgan fingerprint density at radius 3 is 2.83 bits per heavy atom. The van der Waals surface area contributed by atoms with Gasteiger partial charge in [-0.15, -0.1) is 5.10 Å². The lowest BCUT2D eigenvalue weighted by molar-refractivity contribution is -0.189. The monoisotopic (exact) mass is 320 g/mol. The lowest BCUT2D eigenvalue weighted by Gasteiger charge is -2.50. The molecule has 0 radical (unpaired) electrons. The lowest BCUT2D eigenvalue weighted by atomic mass is 9.77. The van der Waals surface area contributed by atoms with E-state index in [9.17, 15) is 9.90 Å². The smallest absolute Gasteiger partial charge is 0.274 e. The highest BCUT2D eigenvalue weighted by Gasteiger charge is 2.48. The van der Waals surface area contributed by atoms with E-state index in [1.165, 1.54) is 0 Å². The third-order valence-corrected chi connectivity index (χ3v) is 5.10. The molecule has 3 rings (SSSR count). The first kappa shape index (κ1) is 16.3. The fraction of sp³-hybridized carbons (Fsp3) is 0.688. The number of likely N-dealkylation sites (N-methyl/N-ethyl adjacent to an activating group) is 1. The zero-order chi connectivity index (χ0) is 16.5. The summed E-state index contributed by atoms with van der Waals surface area (Å²) in [7, 11) is 1.87. The fourth-order valence-corrected chi connectivity index (χ4v) is 3.51. The van der Waals surface area contributed by atoms with Crippen LogP contribution in [-0.4, -0.2) is 70.1 Å². The zero-order valence-electron chi connectivity index (χ0n) is 13.7. The Labute approximate surface area is 136 Å². The molecule has 0 aliphatic carbocycles. The summed E-state index contributed by atoms with van der Waals surface area (Å²) in [6.07, 6.45) is 3.85. The molecule has 0 bridgehead atoms. The Balaban J connectivity index is 1.63. The van der Waals surface area contributed by atoms with Gasteiger partial charge in [-0.25, -0.2) is 0 Å². The van der Waals surface area contributed by atoms with E-state index in [0.29, 0.717) is 25.4 Å². The minimum Gasteiger partial charge on any atom is -0.386 e. The van der Waals surface area contributed by atoms with Gasteiger partial charge in [0, 0.05) is 25.3 Å². The Morgan fingerprint density at radius 1 is 1.48 bits per heavy atom. The maximum atomic E-state index is 12.4. The van der Waals surface area contributed by atoms with Crippen molar-refractivity contribution in [1.29, 1.82) is 0 Å². The number of hydrogen-bond donors (Lipinski definition) is 2. The average Bonchev–Trinajstić information content (AvgIpc) is 2.58. The standard InChI is InChI=1S/C16H24N4O3/c1-15(22)11-23-16(10-13(15)17-2)5-8-20(9-6-16)14(21)12-4-3-7-18-19-12/h3-4,7,13,17,22H,5-6,8-11H2,1-2H3/t13-,15-/m0/s1. The van der Waals surface area contributed by atoms with E-state index >= 15 is 0 Å². The number of piperidine rings is 1. The zero-order valence-corrected chi connectivity index (χ0v) is 13.7. The molecule has 23 heavy (non-hydrogen) atoms. The summed E-state index contributed by atoms with van der Waals surface area (Å²) in [4.78, 5) is 14.2. The van der Waals surface area contributed by atoms with Crippen molar-refractivity contribution in [1.82, 2.24) is 20.4 Å². The van der Waals surface area contributed by atoms with Crippen molar-refractivity contribution >= 4 is 5.91 Å². The van der Waals surface area contributed by atoms with Crippen molar-refractivity contribution in [2.75, 3.05) is 26.7 Å². The molecule has 2 N–H and O–H groups in total. The van der Waals surface area contributed by atoms with Crippen molar-refractivity contribution < 1.29 is 14.6 Å². The van der Waals surface area contributed by atoms with Crippen LogP contribution in [0.4, 0.5) is 0 Å². The van der Waals surface area contributed by atoms with Gasteiger partial charge in [-0.1, -0.05) is 0 Å². The van der Waals surface area contributed by atoms with Crippen LogP contribution in [0.3, 0.4) is 0 Å². The second-order valence-corrected chi connectivity index (χ2v) is 6.78. The third-order valence-electron chi connectivity index (χ3n) is 5.10. The number of carbonyl (C=O) groups is 1. The molecule has 0 unspecified atom stereocenters. The van der Waals surface area contributed by atoms with Crippen LogP contribution in [0.1, 0.15) is 36.7 Å². The summed E-state index contributed by atoms with van der Waals surface area (Å²) in [5.41, 5.74) is -0.731. The molecule has 1 aromatic heterocycles. The van der Waals surface area contributed by atoms with Gasteiger partial charge in [0.25, 0.3) is 5.91 Å². The van der Waals surface area contributed by atoms with E-state index < -0.39 is 5.60 Å². The predicted molar refractivity (Wildman–Crippen MR) is 83.9 cm³/mol. The van der Waals surface area contributed by atoms with Crippen LogP contribution >= 0.6 is 0 Å². The normalized spacial score (nSPS) is 30.4. The van der Waals surface area contributed by atoms with Gasteiger partial charge in [-0.2, -0.15) is 5.10 Å². The van der Waals surface area contributed by atoms with E-state index in [0.717, 1.165) is 19.3 Å². The molecule has 126 valence electrons. The van der Waals surface area contributed by atoms with Crippen LogP contribution in [0.15, 0.2) is 18.3 Å². The van der Waals surface area contributed by atoms with E-state index in [4.69, 9.17) is 4.74 Å². The van der Waals surface area contributed by atoms with Gasteiger partial charge in [0.15, 0.2) is 5.69 Å². The number of carbonyl (C=O) groups excluding carboxylic acids is 1. The van der Waals surface area contributed by atoms with Crippen molar-refractivity contribution in [2.24, 2.45) is 0 Å². The Bertz CT molecular complexity index is 556. The molecule has 7 nitrogen and oxygen atoms in total. The van der Waals surface area contributed by atoms with Crippen molar-refractivity contribution in [2.45, 2.75) is 43.4 Å². The summed E-state index contributed by atoms with van der Waals surface area (Å²) in [5, 5.41) is 21.2. The number of ether oxygens (including phenoxy) is 1. The largest absolute Gasteiger partial charge is 0.386 e. The SMILES string of the molecule is CN[C@H]1CC2(CCN(C(=O)c3cccnn3)CC2)OC[C@]1(C)O. The highest BCUT2D eigenvalue weighted by Crippen LogP contribution is 2.38. The maximum Gasteiger partial charge on any atom is 0.274 e. The third kappa shape index (κ3) is 3.22. The summed E-state index contributed by atoms with van der Waals surface area (Å²) in [6.45, 7) is 3.38. The topological polar surface area (TPSA) is 87.6 Å². The highest BCUT2D eigenvalue weighted by molar-refractivity contribution is 5.92. The van der Waals surface area contributed by atoms with Gasteiger partial charge in [-0.3, -0.25) is 4.79 Å². The summed E-state index contributed by atoms with van der Waals surface area (Å²) in [6, 6.07) is 3.40. The molecule has 2 aliphatic rings. The highest BCUT2D eigenvalue weighted by atomic mass is 16.5. The summed E-state index contributed by atoms with van der Waals surface area (Å²) < 4.78 is 6.03.